The van der Waals surface area contributed by atoms with Crippen LogP contribution in [0.3, 0.4) is 0 Å². The molecule has 0 aromatic rings. The van der Waals surface area contributed by atoms with Crippen LogP contribution in [-0.4, -0.2) is 12.1 Å². The number of aldehydes is 1. The fourth-order valence-corrected chi connectivity index (χ4v) is 2.91. The van der Waals surface area contributed by atoms with Crippen LogP contribution < -0.4 is 0 Å². The van der Waals surface area contributed by atoms with Crippen molar-refractivity contribution in [3.05, 3.63) is 0 Å². The van der Waals surface area contributed by atoms with Crippen molar-refractivity contribution in [2.24, 2.45) is 16.7 Å². The summed E-state index contributed by atoms with van der Waals surface area (Å²) in [5.74, 6) is 0.914. The molecule has 17 heavy (non-hydrogen) atoms. The molecule has 1 fully saturated rings. The molecule has 0 N–H and O–H groups in total. The molecule has 0 spiro atoms. The van der Waals surface area contributed by atoms with Crippen molar-refractivity contribution in [3.8, 4) is 0 Å². The SMILES string of the molecule is CC(=O)CCC1(C=O)CCC(C(C)(C)C)CC1. The molecule has 0 amide bonds. The van der Waals surface area contributed by atoms with Gasteiger partial charge in [-0.1, -0.05) is 20.8 Å². The summed E-state index contributed by atoms with van der Waals surface area (Å²) in [7, 11) is 0. The zero-order valence-corrected chi connectivity index (χ0v) is 11.7. The molecule has 0 unspecified atom stereocenters. The smallest absolute Gasteiger partial charge is 0.129 e. The van der Waals surface area contributed by atoms with Crippen LogP contribution in [0.25, 0.3) is 0 Å². The Kier molecular flexibility index (Phi) is 4.51. The van der Waals surface area contributed by atoms with E-state index in [1.165, 1.54) is 0 Å². The lowest BCUT2D eigenvalue weighted by molar-refractivity contribution is -0.121. The molecule has 1 saturated carbocycles. The first-order valence-corrected chi connectivity index (χ1v) is 6.75. The molecule has 1 aliphatic rings. The van der Waals surface area contributed by atoms with Crippen LogP contribution in [0.5, 0.6) is 0 Å². The van der Waals surface area contributed by atoms with Crippen LogP contribution in [0.4, 0.5) is 0 Å². The Morgan fingerprint density at radius 2 is 1.82 bits per heavy atom. The van der Waals surface area contributed by atoms with E-state index in [4.69, 9.17) is 0 Å². The van der Waals surface area contributed by atoms with E-state index < -0.39 is 0 Å². The van der Waals surface area contributed by atoms with Gasteiger partial charge in [0.05, 0.1) is 0 Å². The Bertz CT molecular complexity index is 278. The molecule has 0 radical (unpaired) electrons. The van der Waals surface area contributed by atoms with Gasteiger partial charge in [0.1, 0.15) is 12.1 Å². The van der Waals surface area contributed by atoms with Gasteiger partial charge in [-0.3, -0.25) is 0 Å². The van der Waals surface area contributed by atoms with E-state index in [1.807, 2.05) is 0 Å². The summed E-state index contributed by atoms with van der Waals surface area (Å²) in [6, 6.07) is 0. The van der Waals surface area contributed by atoms with Gasteiger partial charge in [-0.05, 0) is 50.4 Å². The Hall–Kier alpha value is -0.660. The minimum atomic E-state index is -0.201. The van der Waals surface area contributed by atoms with Crippen molar-refractivity contribution in [1.82, 2.24) is 0 Å². The summed E-state index contributed by atoms with van der Waals surface area (Å²) in [6.07, 6.45) is 6.61. The Balaban J connectivity index is 2.57. The summed E-state index contributed by atoms with van der Waals surface area (Å²) in [5.41, 5.74) is 0.142. The third kappa shape index (κ3) is 3.93. The molecule has 0 heterocycles. The summed E-state index contributed by atoms with van der Waals surface area (Å²) in [4.78, 5) is 22.4. The van der Waals surface area contributed by atoms with Crippen LogP contribution in [-0.2, 0) is 9.59 Å². The summed E-state index contributed by atoms with van der Waals surface area (Å²) < 4.78 is 0. The highest BCUT2D eigenvalue weighted by Crippen LogP contribution is 2.46. The van der Waals surface area contributed by atoms with Crippen molar-refractivity contribution in [3.63, 3.8) is 0 Å². The second kappa shape index (κ2) is 5.32. The largest absolute Gasteiger partial charge is 0.303 e. The van der Waals surface area contributed by atoms with Gasteiger partial charge >= 0.3 is 0 Å². The number of hydrogen-bond donors (Lipinski definition) is 0. The maximum atomic E-state index is 11.3. The fraction of sp³-hybridized carbons (Fsp3) is 0.867. The molecule has 0 aromatic carbocycles. The molecule has 0 atom stereocenters. The maximum Gasteiger partial charge on any atom is 0.129 e. The molecule has 0 aliphatic heterocycles. The topological polar surface area (TPSA) is 34.1 Å². The number of rotatable bonds is 4. The van der Waals surface area contributed by atoms with Crippen LogP contribution >= 0.6 is 0 Å². The van der Waals surface area contributed by atoms with E-state index in [0.29, 0.717) is 17.8 Å². The lowest BCUT2D eigenvalue weighted by Gasteiger charge is -2.41. The van der Waals surface area contributed by atoms with Gasteiger partial charge in [-0.15, -0.1) is 0 Å². The summed E-state index contributed by atoms with van der Waals surface area (Å²) in [6.45, 7) is 8.45. The normalized spacial score (nSPS) is 30.0. The standard InChI is InChI=1S/C15H26O2/c1-12(17)5-8-15(11-16)9-6-13(7-10-15)14(2,3)4/h11,13H,5-10H2,1-4H3. The van der Waals surface area contributed by atoms with Gasteiger partial charge in [0.25, 0.3) is 0 Å². The second-order valence-corrected chi connectivity index (χ2v) is 6.82. The van der Waals surface area contributed by atoms with Gasteiger partial charge in [0, 0.05) is 11.8 Å². The first-order chi connectivity index (χ1) is 7.79. The number of carbonyl (C=O) groups is 2. The Labute approximate surface area is 105 Å². The zero-order valence-electron chi connectivity index (χ0n) is 11.7. The lowest BCUT2D eigenvalue weighted by atomic mass is 9.63. The first-order valence-electron chi connectivity index (χ1n) is 6.75. The second-order valence-electron chi connectivity index (χ2n) is 6.82. The number of ketones is 1. The third-order valence-corrected chi connectivity index (χ3v) is 4.43. The average molecular weight is 238 g/mol. The fourth-order valence-electron chi connectivity index (χ4n) is 2.91. The average Bonchev–Trinajstić information content (AvgIpc) is 2.26. The Morgan fingerprint density at radius 3 is 2.18 bits per heavy atom. The lowest BCUT2D eigenvalue weighted by Crippen LogP contribution is -2.34. The van der Waals surface area contributed by atoms with E-state index in [0.717, 1.165) is 38.4 Å². The van der Waals surface area contributed by atoms with E-state index in [-0.39, 0.29) is 11.2 Å². The molecule has 98 valence electrons. The van der Waals surface area contributed by atoms with Crippen molar-refractivity contribution in [2.75, 3.05) is 0 Å². The molecular weight excluding hydrogens is 212 g/mol. The maximum absolute atomic E-state index is 11.3. The van der Waals surface area contributed by atoms with Gasteiger partial charge in [0.15, 0.2) is 0 Å². The quantitative estimate of drug-likeness (QED) is 0.698. The third-order valence-electron chi connectivity index (χ3n) is 4.43. The number of carbonyl (C=O) groups excluding carboxylic acids is 2. The first kappa shape index (κ1) is 14.4. The monoisotopic (exact) mass is 238 g/mol. The van der Waals surface area contributed by atoms with E-state index in [1.54, 1.807) is 6.92 Å². The van der Waals surface area contributed by atoms with Gasteiger partial charge in [-0.25, -0.2) is 0 Å². The predicted octanol–water partition coefficient (Wildman–Crippen LogP) is 3.78. The molecule has 0 aromatic heterocycles. The highest BCUT2D eigenvalue weighted by molar-refractivity contribution is 5.76. The minimum absolute atomic E-state index is 0.198. The molecule has 1 aliphatic carbocycles. The number of hydrogen-bond acceptors (Lipinski definition) is 2. The molecule has 2 heteroatoms. The minimum Gasteiger partial charge on any atom is -0.303 e. The van der Waals surface area contributed by atoms with Crippen molar-refractivity contribution >= 4 is 12.1 Å². The van der Waals surface area contributed by atoms with Gasteiger partial charge in [0.2, 0.25) is 0 Å². The van der Waals surface area contributed by atoms with Crippen molar-refractivity contribution < 1.29 is 9.59 Å². The molecular formula is C15H26O2. The zero-order chi connectivity index (χ0) is 13.1. The predicted molar refractivity (Wildman–Crippen MR) is 69.8 cm³/mol. The van der Waals surface area contributed by atoms with Crippen LogP contribution in [0.1, 0.15) is 66.2 Å². The van der Waals surface area contributed by atoms with E-state index in [9.17, 15) is 9.59 Å². The molecule has 0 saturated heterocycles. The summed E-state index contributed by atoms with van der Waals surface area (Å²) in [5, 5.41) is 0. The number of Topliss-reactive ketones (excluding diaryl/α,β-unsaturated/α-hetero) is 1. The summed E-state index contributed by atoms with van der Waals surface area (Å²) >= 11 is 0. The van der Waals surface area contributed by atoms with Crippen molar-refractivity contribution in [1.29, 1.82) is 0 Å². The highest BCUT2D eigenvalue weighted by atomic mass is 16.1. The van der Waals surface area contributed by atoms with Crippen LogP contribution in [0.15, 0.2) is 0 Å². The van der Waals surface area contributed by atoms with Crippen LogP contribution in [0.2, 0.25) is 0 Å². The van der Waals surface area contributed by atoms with Crippen molar-refractivity contribution in [2.45, 2.75) is 66.2 Å². The molecule has 0 bridgehead atoms. The van der Waals surface area contributed by atoms with Gasteiger partial charge in [-0.2, -0.15) is 0 Å². The Morgan fingerprint density at radius 1 is 1.29 bits per heavy atom. The molecule has 1 rings (SSSR count). The van der Waals surface area contributed by atoms with E-state index >= 15 is 0 Å². The molecule has 2 nitrogen and oxygen atoms in total. The van der Waals surface area contributed by atoms with E-state index in [2.05, 4.69) is 20.8 Å². The highest BCUT2D eigenvalue weighted by Gasteiger charge is 2.38. The van der Waals surface area contributed by atoms with Gasteiger partial charge < -0.3 is 9.59 Å². The van der Waals surface area contributed by atoms with Crippen LogP contribution in [0, 0.1) is 16.7 Å².